The fourth-order valence-electron chi connectivity index (χ4n) is 1.87. The molecule has 3 rings (SSSR count). The van der Waals surface area contributed by atoms with Crippen LogP contribution < -0.4 is 14.8 Å². The Hall–Kier alpha value is -2.55. The lowest BCUT2D eigenvalue weighted by atomic mass is 10.2. The van der Waals surface area contributed by atoms with E-state index in [9.17, 15) is 14.9 Å². The van der Waals surface area contributed by atoms with E-state index < -0.39 is 10.8 Å². The number of amides is 1. The van der Waals surface area contributed by atoms with Crippen LogP contribution in [-0.4, -0.2) is 22.6 Å². The summed E-state index contributed by atoms with van der Waals surface area (Å²) in [6.45, 7) is -0.00649. The van der Waals surface area contributed by atoms with Crippen molar-refractivity contribution in [2.45, 2.75) is 0 Å². The highest BCUT2D eigenvalue weighted by atomic mass is 79.9. The summed E-state index contributed by atoms with van der Waals surface area (Å²) in [4.78, 5) is 25.3. The van der Waals surface area contributed by atoms with E-state index in [1.807, 2.05) is 0 Å². The van der Waals surface area contributed by atoms with Gasteiger partial charge >= 0.3 is 0 Å². The van der Waals surface area contributed by atoms with Gasteiger partial charge in [0, 0.05) is 16.7 Å². The van der Waals surface area contributed by atoms with Crippen molar-refractivity contribution >= 4 is 33.2 Å². The second-order valence-electron chi connectivity index (χ2n) is 4.17. The third-order valence-corrected chi connectivity index (χ3v) is 3.29. The van der Waals surface area contributed by atoms with E-state index in [1.54, 1.807) is 12.3 Å². The Morgan fingerprint density at radius 3 is 2.67 bits per heavy atom. The highest BCUT2D eigenvalue weighted by Gasteiger charge is 2.25. The van der Waals surface area contributed by atoms with Crippen molar-refractivity contribution in [3.63, 3.8) is 0 Å². The molecule has 2 N–H and O–H groups in total. The second kappa shape index (κ2) is 5.09. The Labute approximate surface area is 126 Å². The zero-order valence-corrected chi connectivity index (χ0v) is 12.0. The molecule has 0 saturated carbocycles. The molecule has 1 amide bonds. The molecule has 21 heavy (non-hydrogen) atoms. The van der Waals surface area contributed by atoms with Gasteiger partial charge in [-0.05, 0) is 22.0 Å². The van der Waals surface area contributed by atoms with Gasteiger partial charge in [-0.15, -0.1) is 0 Å². The number of anilines is 1. The number of carbonyl (C=O) groups is 1. The number of fused-ring (bicyclic) bond motifs is 1. The number of benzene rings is 1. The Balaban J connectivity index is 1.94. The summed E-state index contributed by atoms with van der Waals surface area (Å²) in [5.41, 5.74) is 0.0482. The largest absolute Gasteiger partial charge is 0.454 e. The standard InChI is InChI=1S/C12H8BrN3O5/c13-6-1-8(14-4-6)12(17)15-7-2-10-11(21-5-20-10)3-9(7)16(18)19/h1-4,14H,5H2,(H,15,17). The molecule has 8 nitrogen and oxygen atoms in total. The smallest absolute Gasteiger partial charge is 0.296 e. The molecule has 108 valence electrons. The first-order valence-corrected chi connectivity index (χ1v) is 6.57. The van der Waals surface area contributed by atoms with E-state index in [4.69, 9.17) is 9.47 Å². The van der Waals surface area contributed by atoms with Crippen molar-refractivity contribution in [1.82, 2.24) is 4.98 Å². The number of aromatic nitrogens is 1. The van der Waals surface area contributed by atoms with Crippen LogP contribution in [0.5, 0.6) is 11.5 Å². The second-order valence-corrected chi connectivity index (χ2v) is 5.08. The van der Waals surface area contributed by atoms with Gasteiger partial charge in [-0.25, -0.2) is 0 Å². The van der Waals surface area contributed by atoms with Crippen LogP contribution in [0.2, 0.25) is 0 Å². The fourth-order valence-corrected chi connectivity index (χ4v) is 2.21. The van der Waals surface area contributed by atoms with Crippen LogP contribution in [0.3, 0.4) is 0 Å². The molecule has 0 spiro atoms. The van der Waals surface area contributed by atoms with E-state index >= 15 is 0 Å². The summed E-state index contributed by atoms with van der Waals surface area (Å²) in [6.07, 6.45) is 1.59. The lowest BCUT2D eigenvalue weighted by Gasteiger charge is -2.06. The van der Waals surface area contributed by atoms with Gasteiger partial charge in [-0.2, -0.15) is 0 Å². The minimum absolute atomic E-state index is 0.00649. The van der Waals surface area contributed by atoms with Gasteiger partial charge in [0.15, 0.2) is 11.5 Å². The first kappa shape index (κ1) is 13.4. The van der Waals surface area contributed by atoms with Crippen LogP contribution >= 0.6 is 15.9 Å². The average molecular weight is 354 g/mol. The number of nitrogens with one attached hydrogen (secondary N) is 2. The number of nitrogens with zero attached hydrogens (tertiary/aromatic N) is 1. The molecule has 1 aliphatic rings. The van der Waals surface area contributed by atoms with Crippen molar-refractivity contribution < 1.29 is 19.2 Å². The molecule has 0 fully saturated rings. The Morgan fingerprint density at radius 2 is 2.05 bits per heavy atom. The van der Waals surface area contributed by atoms with Crippen LogP contribution in [0, 0.1) is 10.1 Å². The number of ether oxygens (including phenoxy) is 2. The van der Waals surface area contributed by atoms with E-state index in [0.29, 0.717) is 10.2 Å². The topological polar surface area (TPSA) is 106 Å². The highest BCUT2D eigenvalue weighted by molar-refractivity contribution is 9.10. The van der Waals surface area contributed by atoms with Gasteiger partial charge in [0.05, 0.1) is 11.0 Å². The summed E-state index contributed by atoms with van der Waals surface area (Å²) >= 11 is 3.21. The quantitative estimate of drug-likeness (QED) is 0.651. The number of rotatable bonds is 3. The maximum Gasteiger partial charge on any atom is 0.296 e. The van der Waals surface area contributed by atoms with Crippen LogP contribution in [0.15, 0.2) is 28.9 Å². The first-order valence-electron chi connectivity index (χ1n) is 5.78. The maximum absolute atomic E-state index is 12.0. The number of carbonyl (C=O) groups excluding carboxylic acids is 1. The normalized spacial score (nSPS) is 12.2. The molecule has 0 atom stereocenters. The van der Waals surface area contributed by atoms with Crippen LogP contribution in [-0.2, 0) is 0 Å². The van der Waals surface area contributed by atoms with E-state index in [2.05, 4.69) is 26.2 Å². The third-order valence-electron chi connectivity index (χ3n) is 2.83. The van der Waals surface area contributed by atoms with Crippen molar-refractivity contribution in [2.24, 2.45) is 0 Å². The lowest BCUT2D eigenvalue weighted by molar-refractivity contribution is -0.384. The van der Waals surface area contributed by atoms with Gasteiger partial charge in [0.25, 0.3) is 11.6 Å². The number of nitro groups is 1. The Bertz CT molecular complexity index is 742. The molecule has 0 radical (unpaired) electrons. The zero-order chi connectivity index (χ0) is 15.0. The van der Waals surface area contributed by atoms with Crippen LogP contribution in [0.4, 0.5) is 11.4 Å². The summed E-state index contributed by atoms with van der Waals surface area (Å²) < 4.78 is 10.9. The molecule has 0 saturated heterocycles. The molecule has 2 heterocycles. The van der Waals surface area contributed by atoms with E-state index in [1.165, 1.54) is 12.1 Å². The number of hydrogen-bond donors (Lipinski definition) is 2. The average Bonchev–Trinajstić information content (AvgIpc) is 3.05. The third kappa shape index (κ3) is 2.55. The predicted octanol–water partition coefficient (Wildman–Crippen LogP) is 2.67. The first-order chi connectivity index (χ1) is 10.0. The summed E-state index contributed by atoms with van der Waals surface area (Å²) in [5, 5.41) is 13.6. The SMILES string of the molecule is O=C(Nc1cc2c(cc1[N+](=O)[O-])OCO2)c1cc(Br)c[nH]1. The molecule has 0 aliphatic carbocycles. The molecule has 1 aromatic carbocycles. The molecule has 1 aromatic heterocycles. The molecular formula is C12H8BrN3O5. The highest BCUT2D eigenvalue weighted by Crippen LogP contribution is 2.40. The fraction of sp³-hybridized carbons (Fsp3) is 0.0833. The number of aromatic amines is 1. The number of hydrogen-bond acceptors (Lipinski definition) is 5. The minimum Gasteiger partial charge on any atom is -0.454 e. The summed E-state index contributed by atoms with van der Waals surface area (Å²) in [7, 11) is 0. The van der Waals surface area contributed by atoms with Crippen molar-refractivity contribution in [1.29, 1.82) is 0 Å². The van der Waals surface area contributed by atoms with Gasteiger partial charge in [-0.3, -0.25) is 14.9 Å². The molecule has 2 aromatic rings. The summed E-state index contributed by atoms with van der Waals surface area (Å²) in [5.74, 6) is 0.133. The molecule has 0 unspecified atom stereocenters. The van der Waals surface area contributed by atoms with E-state index in [-0.39, 0.29) is 29.6 Å². The van der Waals surface area contributed by atoms with E-state index in [0.717, 1.165) is 0 Å². The number of H-pyrrole nitrogens is 1. The van der Waals surface area contributed by atoms with Gasteiger partial charge < -0.3 is 19.8 Å². The van der Waals surface area contributed by atoms with Gasteiger partial charge in [0.2, 0.25) is 6.79 Å². The lowest BCUT2D eigenvalue weighted by Crippen LogP contribution is -2.13. The van der Waals surface area contributed by atoms with Crippen LogP contribution in [0.1, 0.15) is 10.5 Å². The van der Waals surface area contributed by atoms with Crippen LogP contribution in [0.25, 0.3) is 0 Å². The number of nitro benzene ring substituents is 1. The molecule has 1 aliphatic heterocycles. The van der Waals surface area contributed by atoms with Gasteiger partial charge in [0.1, 0.15) is 11.4 Å². The van der Waals surface area contributed by atoms with Crippen molar-refractivity contribution in [3.05, 3.63) is 44.7 Å². The van der Waals surface area contributed by atoms with Crippen molar-refractivity contribution in [3.8, 4) is 11.5 Å². The minimum atomic E-state index is -0.595. The zero-order valence-electron chi connectivity index (χ0n) is 10.4. The Morgan fingerprint density at radius 1 is 1.33 bits per heavy atom. The molecule has 0 bridgehead atoms. The maximum atomic E-state index is 12.0. The molecule has 9 heteroatoms. The number of halogens is 1. The summed E-state index contributed by atoms with van der Waals surface area (Å²) in [6, 6.07) is 4.16. The Kier molecular flexibility index (Phi) is 3.26. The monoisotopic (exact) mass is 353 g/mol. The predicted molar refractivity (Wildman–Crippen MR) is 75.7 cm³/mol. The van der Waals surface area contributed by atoms with Crippen molar-refractivity contribution in [2.75, 3.05) is 12.1 Å². The molecular weight excluding hydrogens is 346 g/mol. The van der Waals surface area contributed by atoms with Gasteiger partial charge in [-0.1, -0.05) is 0 Å².